The Morgan fingerprint density at radius 2 is 0.571 bits per heavy atom. The normalized spacial score (nSPS) is 13.7. The van der Waals surface area contributed by atoms with Gasteiger partial charge < -0.3 is 0 Å². The summed E-state index contributed by atoms with van der Waals surface area (Å²) in [5.41, 5.74) is 0. The van der Waals surface area contributed by atoms with Gasteiger partial charge >= 0.3 is 0 Å². The zero-order chi connectivity index (χ0) is 20.7. The van der Waals surface area contributed by atoms with E-state index in [2.05, 4.69) is 27.7 Å². The Kier molecular flexibility index (Phi) is 23.3. The highest BCUT2D eigenvalue weighted by molar-refractivity contribution is 4.69. The van der Waals surface area contributed by atoms with Crippen molar-refractivity contribution in [1.29, 1.82) is 0 Å². The van der Waals surface area contributed by atoms with Crippen LogP contribution >= 0.6 is 0 Å². The van der Waals surface area contributed by atoms with Crippen molar-refractivity contribution in [2.75, 3.05) is 0 Å². The summed E-state index contributed by atoms with van der Waals surface area (Å²) in [5.74, 6) is 2.06. The zero-order valence-corrected chi connectivity index (χ0v) is 20.7. The smallest absolute Gasteiger partial charge is 0.0412 e. The van der Waals surface area contributed by atoms with Crippen LogP contribution in [0.4, 0.5) is 0 Å². The van der Waals surface area contributed by atoms with Gasteiger partial charge in [0.25, 0.3) is 0 Å². The highest BCUT2D eigenvalue weighted by Crippen LogP contribution is 2.30. The largest absolute Gasteiger partial charge is 0.0654 e. The Morgan fingerprint density at radius 1 is 0.321 bits per heavy atom. The van der Waals surface area contributed by atoms with Crippen LogP contribution in [0, 0.1) is 11.8 Å². The average Bonchev–Trinajstić information content (AvgIpc) is 2.70. The maximum Gasteiger partial charge on any atom is -0.0412 e. The van der Waals surface area contributed by atoms with E-state index in [1.54, 1.807) is 6.42 Å². The summed E-state index contributed by atoms with van der Waals surface area (Å²) in [5, 5.41) is 0. The van der Waals surface area contributed by atoms with Gasteiger partial charge in [0, 0.05) is 0 Å². The molecule has 28 heavy (non-hydrogen) atoms. The number of hydrogen-bond acceptors (Lipinski definition) is 0. The van der Waals surface area contributed by atoms with Gasteiger partial charge in [-0.2, -0.15) is 0 Å². The van der Waals surface area contributed by atoms with Gasteiger partial charge in [-0.15, -0.1) is 0 Å². The summed E-state index contributed by atoms with van der Waals surface area (Å²) < 4.78 is 0. The quantitative estimate of drug-likeness (QED) is 0.151. The first kappa shape index (κ1) is 28.0. The van der Waals surface area contributed by atoms with Gasteiger partial charge in [-0.3, -0.25) is 0 Å². The fraction of sp³-hybridized carbons (Fsp3) is 1.00. The highest BCUT2D eigenvalue weighted by atomic mass is 14.2. The molecule has 0 saturated heterocycles. The van der Waals surface area contributed by atoms with E-state index in [-0.39, 0.29) is 0 Å². The maximum atomic E-state index is 2.35. The fourth-order valence-electron chi connectivity index (χ4n) is 4.85. The van der Waals surface area contributed by atoms with E-state index in [0.717, 1.165) is 11.8 Å². The molecule has 0 aromatic heterocycles. The molecule has 0 fully saturated rings. The molecule has 0 nitrogen and oxygen atoms in total. The minimum absolute atomic E-state index is 1.03. The van der Waals surface area contributed by atoms with E-state index >= 15 is 0 Å². The Labute approximate surface area is 181 Å². The summed E-state index contributed by atoms with van der Waals surface area (Å²) in [6.45, 7) is 9.36. The molecule has 0 radical (unpaired) electrons. The summed E-state index contributed by atoms with van der Waals surface area (Å²) >= 11 is 0. The average molecular weight is 395 g/mol. The van der Waals surface area contributed by atoms with Crippen LogP contribution in [0.3, 0.4) is 0 Å². The molecule has 0 aliphatic heterocycles. The molecular formula is C28H58. The van der Waals surface area contributed by atoms with Crippen LogP contribution < -0.4 is 0 Å². The topological polar surface area (TPSA) is 0 Å². The molecule has 0 heteroatoms. The van der Waals surface area contributed by atoms with Crippen molar-refractivity contribution < 1.29 is 0 Å². The van der Waals surface area contributed by atoms with Crippen LogP contribution in [-0.4, -0.2) is 0 Å². The molecule has 2 unspecified atom stereocenters. The molecule has 0 aromatic carbocycles. The summed E-state index contributed by atoms with van der Waals surface area (Å²) in [6, 6.07) is 0. The molecule has 170 valence electrons. The van der Waals surface area contributed by atoms with Crippen molar-refractivity contribution in [1.82, 2.24) is 0 Å². The summed E-state index contributed by atoms with van der Waals surface area (Å²) in [4.78, 5) is 0. The standard InChI is InChI=1S/C28H58/c1-5-9-13-15-17-21-25-28(23-19-12-8-4)26-27(22-18-11-7-3)24-20-16-14-10-6-2/h27-28H,5-26H2,1-4H3. The van der Waals surface area contributed by atoms with Crippen LogP contribution in [0.1, 0.15) is 169 Å². The molecule has 0 bridgehead atoms. The Bertz CT molecular complexity index is 269. The van der Waals surface area contributed by atoms with Crippen molar-refractivity contribution in [3.8, 4) is 0 Å². The maximum absolute atomic E-state index is 2.35. The van der Waals surface area contributed by atoms with Gasteiger partial charge in [-0.25, -0.2) is 0 Å². The van der Waals surface area contributed by atoms with Gasteiger partial charge in [0.1, 0.15) is 0 Å². The molecule has 0 rings (SSSR count). The Hall–Kier alpha value is 0. The molecule has 0 spiro atoms. The van der Waals surface area contributed by atoms with Gasteiger partial charge in [-0.1, -0.05) is 163 Å². The van der Waals surface area contributed by atoms with Crippen LogP contribution in [0.25, 0.3) is 0 Å². The number of hydrogen-bond donors (Lipinski definition) is 0. The SMILES string of the molecule is CCCCCCCCC(CCCCC)CC(CCCCC)CCCCCCC. The van der Waals surface area contributed by atoms with Gasteiger partial charge in [0.2, 0.25) is 0 Å². The van der Waals surface area contributed by atoms with Crippen molar-refractivity contribution in [2.45, 2.75) is 169 Å². The third-order valence-electron chi connectivity index (χ3n) is 6.78. The zero-order valence-electron chi connectivity index (χ0n) is 20.7. The molecule has 0 aliphatic carbocycles. The first-order valence-electron chi connectivity index (χ1n) is 13.8. The summed E-state index contributed by atoms with van der Waals surface area (Å²) in [6.07, 6.45) is 32.3. The van der Waals surface area contributed by atoms with Gasteiger partial charge in [0.15, 0.2) is 0 Å². The van der Waals surface area contributed by atoms with Gasteiger partial charge in [0.05, 0.1) is 0 Å². The minimum Gasteiger partial charge on any atom is -0.0654 e. The van der Waals surface area contributed by atoms with Crippen molar-refractivity contribution in [3.05, 3.63) is 0 Å². The van der Waals surface area contributed by atoms with Gasteiger partial charge in [-0.05, 0) is 18.3 Å². The van der Waals surface area contributed by atoms with E-state index in [0.29, 0.717) is 0 Å². The third-order valence-corrected chi connectivity index (χ3v) is 6.78. The Morgan fingerprint density at radius 3 is 0.929 bits per heavy atom. The fourth-order valence-corrected chi connectivity index (χ4v) is 4.85. The summed E-state index contributed by atoms with van der Waals surface area (Å²) in [7, 11) is 0. The van der Waals surface area contributed by atoms with E-state index in [9.17, 15) is 0 Å². The number of unbranched alkanes of at least 4 members (excludes halogenated alkanes) is 13. The molecule has 2 atom stereocenters. The second-order valence-corrected chi connectivity index (χ2v) is 9.72. The minimum atomic E-state index is 1.03. The molecule has 0 saturated carbocycles. The van der Waals surface area contributed by atoms with Crippen LogP contribution in [0.15, 0.2) is 0 Å². The molecule has 0 aliphatic rings. The molecule has 0 amide bonds. The van der Waals surface area contributed by atoms with Crippen LogP contribution in [-0.2, 0) is 0 Å². The third kappa shape index (κ3) is 19.3. The van der Waals surface area contributed by atoms with Crippen LogP contribution in [0.2, 0.25) is 0 Å². The molecule has 0 aromatic rings. The Balaban J connectivity index is 4.36. The van der Waals surface area contributed by atoms with Crippen molar-refractivity contribution >= 4 is 0 Å². The highest BCUT2D eigenvalue weighted by Gasteiger charge is 2.16. The van der Waals surface area contributed by atoms with Crippen LogP contribution in [0.5, 0.6) is 0 Å². The predicted octanol–water partition coefficient (Wildman–Crippen LogP) is 10.9. The first-order valence-corrected chi connectivity index (χ1v) is 13.8. The second kappa shape index (κ2) is 23.3. The molecule has 0 heterocycles. The van der Waals surface area contributed by atoms with E-state index in [1.807, 2.05) is 0 Å². The molecule has 0 N–H and O–H groups in total. The predicted molar refractivity (Wildman–Crippen MR) is 131 cm³/mol. The van der Waals surface area contributed by atoms with Crippen molar-refractivity contribution in [3.63, 3.8) is 0 Å². The first-order chi connectivity index (χ1) is 13.8. The lowest BCUT2D eigenvalue weighted by atomic mass is 9.82. The van der Waals surface area contributed by atoms with Crippen molar-refractivity contribution in [2.24, 2.45) is 11.8 Å². The second-order valence-electron chi connectivity index (χ2n) is 9.72. The van der Waals surface area contributed by atoms with E-state index < -0.39 is 0 Å². The lowest BCUT2D eigenvalue weighted by molar-refractivity contribution is 0.283. The lowest BCUT2D eigenvalue weighted by Crippen LogP contribution is -2.10. The number of rotatable bonds is 23. The van der Waals surface area contributed by atoms with E-state index in [1.165, 1.54) is 135 Å². The monoisotopic (exact) mass is 394 g/mol. The van der Waals surface area contributed by atoms with E-state index in [4.69, 9.17) is 0 Å². The molecular weight excluding hydrogens is 336 g/mol. The lowest BCUT2D eigenvalue weighted by Gasteiger charge is -2.24.